The summed E-state index contributed by atoms with van der Waals surface area (Å²) in [5.41, 5.74) is 2.13. The van der Waals surface area contributed by atoms with Crippen molar-refractivity contribution < 1.29 is 14.3 Å². The van der Waals surface area contributed by atoms with Gasteiger partial charge in [0, 0.05) is 11.4 Å². The lowest BCUT2D eigenvalue weighted by molar-refractivity contribution is -0.154. The average molecular weight is 383 g/mol. The number of carbonyl (C=O) groups excluding carboxylic acids is 2. The maximum Gasteiger partial charge on any atom is 0.317 e. The third kappa shape index (κ3) is 3.60. The summed E-state index contributed by atoms with van der Waals surface area (Å²) in [6.07, 6.45) is 2.14. The minimum atomic E-state index is -0.631. The van der Waals surface area contributed by atoms with Gasteiger partial charge in [-0.05, 0) is 36.1 Å². The molecule has 1 saturated carbocycles. The largest absolute Gasteiger partial charge is 0.455 e. The number of carbonyl (C=O) groups is 2. The molecule has 2 aliphatic rings. The van der Waals surface area contributed by atoms with Crippen molar-refractivity contribution in [2.24, 2.45) is 5.10 Å². The van der Waals surface area contributed by atoms with Gasteiger partial charge in [-0.1, -0.05) is 54.1 Å². The van der Waals surface area contributed by atoms with Crippen LogP contribution >= 0.6 is 11.6 Å². The van der Waals surface area contributed by atoms with Crippen LogP contribution in [0.3, 0.4) is 0 Å². The Hall–Kier alpha value is -2.66. The predicted octanol–water partition coefficient (Wildman–Crippen LogP) is 3.55. The number of ether oxygens (including phenoxy) is 1. The Kier molecular flexibility index (Phi) is 4.70. The Morgan fingerprint density at radius 3 is 2.44 bits per heavy atom. The molecule has 0 atom stereocenters. The Bertz CT molecular complexity index is 889. The first kappa shape index (κ1) is 17.7. The monoisotopic (exact) mass is 382 g/mol. The molecule has 1 amide bonds. The van der Waals surface area contributed by atoms with Crippen molar-refractivity contribution >= 4 is 29.2 Å². The normalized spacial score (nSPS) is 17.4. The van der Waals surface area contributed by atoms with E-state index in [9.17, 15) is 9.59 Å². The molecule has 0 unspecified atom stereocenters. The van der Waals surface area contributed by atoms with E-state index in [1.165, 1.54) is 5.01 Å². The van der Waals surface area contributed by atoms with E-state index in [1.807, 2.05) is 42.5 Å². The summed E-state index contributed by atoms with van der Waals surface area (Å²) in [4.78, 5) is 24.9. The molecule has 5 nitrogen and oxygen atoms in total. The molecule has 0 N–H and O–H groups in total. The molecule has 0 radical (unpaired) electrons. The van der Waals surface area contributed by atoms with Crippen molar-refractivity contribution in [3.05, 3.63) is 70.7 Å². The van der Waals surface area contributed by atoms with Crippen LogP contribution < -0.4 is 0 Å². The molecular formula is C21H19ClN2O3. The van der Waals surface area contributed by atoms with Crippen LogP contribution in [-0.4, -0.2) is 35.7 Å². The summed E-state index contributed by atoms with van der Waals surface area (Å²) in [5, 5.41) is 6.39. The quantitative estimate of drug-likeness (QED) is 0.743. The molecule has 0 aromatic heterocycles. The number of benzene rings is 2. The average Bonchev–Trinajstić information content (AvgIpc) is 3.36. The smallest absolute Gasteiger partial charge is 0.317 e. The third-order valence-electron chi connectivity index (χ3n) is 5.06. The SMILES string of the molecule is O=C(COC(=O)C1(c2ccc(Cl)cc2)CC1)N1CCC(c2ccccc2)=N1. The van der Waals surface area contributed by atoms with E-state index in [1.54, 1.807) is 12.1 Å². The minimum absolute atomic E-state index is 0.292. The molecular weight excluding hydrogens is 364 g/mol. The van der Waals surface area contributed by atoms with Gasteiger partial charge in [0.15, 0.2) is 6.61 Å². The zero-order valence-corrected chi connectivity index (χ0v) is 15.5. The van der Waals surface area contributed by atoms with Gasteiger partial charge in [-0.2, -0.15) is 5.10 Å². The van der Waals surface area contributed by atoms with Crippen molar-refractivity contribution in [1.82, 2.24) is 5.01 Å². The third-order valence-corrected chi connectivity index (χ3v) is 5.31. The van der Waals surface area contributed by atoms with Crippen LogP contribution in [0.15, 0.2) is 59.7 Å². The highest BCUT2D eigenvalue weighted by Gasteiger charge is 2.53. The van der Waals surface area contributed by atoms with E-state index in [0.29, 0.717) is 18.0 Å². The van der Waals surface area contributed by atoms with E-state index in [4.69, 9.17) is 16.3 Å². The Morgan fingerprint density at radius 2 is 1.78 bits per heavy atom. The van der Waals surface area contributed by atoms with Gasteiger partial charge in [0.05, 0.1) is 17.7 Å². The number of nitrogens with zero attached hydrogens (tertiary/aromatic N) is 2. The Morgan fingerprint density at radius 1 is 1.07 bits per heavy atom. The fourth-order valence-electron chi connectivity index (χ4n) is 3.32. The molecule has 0 spiro atoms. The summed E-state index contributed by atoms with van der Waals surface area (Å²) < 4.78 is 5.34. The summed E-state index contributed by atoms with van der Waals surface area (Å²) >= 11 is 5.91. The maximum absolute atomic E-state index is 12.6. The second-order valence-corrected chi connectivity index (χ2v) is 7.28. The van der Waals surface area contributed by atoms with Crippen molar-refractivity contribution in [2.45, 2.75) is 24.7 Å². The van der Waals surface area contributed by atoms with Gasteiger partial charge < -0.3 is 4.74 Å². The molecule has 1 aliphatic carbocycles. The number of hydrogen-bond donors (Lipinski definition) is 0. The molecule has 138 valence electrons. The molecule has 2 aromatic rings. The summed E-state index contributed by atoms with van der Waals surface area (Å²) in [5.74, 6) is -0.661. The Balaban J connectivity index is 1.36. The molecule has 27 heavy (non-hydrogen) atoms. The van der Waals surface area contributed by atoms with Crippen LogP contribution in [0.5, 0.6) is 0 Å². The highest BCUT2D eigenvalue weighted by Crippen LogP contribution is 2.49. The molecule has 1 fully saturated rings. The van der Waals surface area contributed by atoms with Crippen molar-refractivity contribution in [1.29, 1.82) is 0 Å². The first-order valence-electron chi connectivity index (χ1n) is 8.95. The maximum atomic E-state index is 12.6. The standard InChI is InChI=1S/C21H19ClN2O3/c22-17-8-6-16(7-9-17)21(11-12-21)20(26)27-14-19(25)24-13-10-18(23-24)15-4-2-1-3-5-15/h1-9H,10-14H2. The van der Waals surface area contributed by atoms with Crippen LogP contribution in [0, 0.1) is 0 Å². The lowest BCUT2D eigenvalue weighted by Crippen LogP contribution is -2.32. The van der Waals surface area contributed by atoms with Crippen molar-refractivity contribution in [3.63, 3.8) is 0 Å². The number of amides is 1. The van der Waals surface area contributed by atoms with E-state index >= 15 is 0 Å². The van der Waals surface area contributed by atoms with Crippen LogP contribution in [0.4, 0.5) is 0 Å². The number of esters is 1. The van der Waals surface area contributed by atoms with Crippen molar-refractivity contribution in [3.8, 4) is 0 Å². The first-order valence-corrected chi connectivity index (χ1v) is 9.33. The Labute approximate surface area is 162 Å². The zero-order chi connectivity index (χ0) is 18.9. The van der Waals surface area contributed by atoms with Crippen LogP contribution in [-0.2, 0) is 19.7 Å². The summed E-state index contributed by atoms with van der Waals surface area (Å²) in [6.45, 7) is 0.211. The van der Waals surface area contributed by atoms with Gasteiger partial charge in [-0.25, -0.2) is 5.01 Å². The summed E-state index contributed by atoms with van der Waals surface area (Å²) in [7, 11) is 0. The fraction of sp³-hybridized carbons (Fsp3) is 0.286. The molecule has 0 bridgehead atoms. The molecule has 6 heteroatoms. The van der Waals surface area contributed by atoms with E-state index in [2.05, 4.69) is 5.10 Å². The number of hydrazone groups is 1. The zero-order valence-electron chi connectivity index (χ0n) is 14.7. The highest BCUT2D eigenvalue weighted by molar-refractivity contribution is 6.30. The first-order chi connectivity index (χ1) is 13.1. The lowest BCUT2D eigenvalue weighted by Gasteiger charge is -2.16. The van der Waals surface area contributed by atoms with Crippen LogP contribution in [0.1, 0.15) is 30.4 Å². The minimum Gasteiger partial charge on any atom is -0.455 e. The van der Waals surface area contributed by atoms with Gasteiger partial charge in [0.2, 0.25) is 0 Å². The van der Waals surface area contributed by atoms with Crippen LogP contribution in [0.25, 0.3) is 0 Å². The second kappa shape index (κ2) is 7.16. The molecule has 1 aliphatic heterocycles. The van der Waals surface area contributed by atoms with Gasteiger partial charge in [0.25, 0.3) is 5.91 Å². The van der Waals surface area contributed by atoms with E-state index in [0.717, 1.165) is 29.7 Å². The van der Waals surface area contributed by atoms with Gasteiger partial charge in [-0.3, -0.25) is 9.59 Å². The number of hydrogen-bond acceptors (Lipinski definition) is 4. The van der Waals surface area contributed by atoms with Gasteiger partial charge in [-0.15, -0.1) is 0 Å². The lowest BCUT2D eigenvalue weighted by atomic mass is 9.96. The predicted molar refractivity (Wildman–Crippen MR) is 103 cm³/mol. The molecule has 4 rings (SSSR count). The summed E-state index contributed by atoms with van der Waals surface area (Å²) in [6, 6.07) is 17.0. The van der Waals surface area contributed by atoms with E-state index < -0.39 is 5.41 Å². The van der Waals surface area contributed by atoms with Gasteiger partial charge in [0.1, 0.15) is 0 Å². The molecule has 0 saturated heterocycles. The van der Waals surface area contributed by atoms with Crippen molar-refractivity contribution in [2.75, 3.05) is 13.2 Å². The second-order valence-electron chi connectivity index (χ2n) is 6.84. The number of rotatable bonds is 5. The highest BCUT2D eigenvalue weighted by atomic mass is 35.5. The van der Waals surface area contributed by atoms with Gasteiger partial charge >= 0.3 is 5.97 Å². The number of halogens is 1. The van der Waals surface area contributed by atoms with E-state index in [-0.39, 0.29) is 18.5 Å². The van der Waals surface area contributed by atoms with Crippen LogP contribution in [0.2, 0.25) is 5.02 Å². The fourth-order valence-corrected chi connectivity index (χ4v) is 3.44. The molecule has 2 aromatic carbocycles. The topological polar surface area (TPSA) is 59.0 Å². The molecule has 1 heterocycles.